The van der Waals surface area contributed by atoms with E-state index in [1.54, 1.807) is 9.47 Å². The van der Waals surface area contributed by atoms with E-state index in [-0.39, 0.29) is 17.9 Å². The summed E-state index contributed by atoms with van der Waals surface area (Å²) in [5.41, 5.74) is 1.30. The van der Waals surface area contributed by atoms with Crippen molar-refractivity contribution in [2.45, 2.75) is 103 Å². The molecular weight excluding hydrogens is 520 g/mol. The van der Waals surface area contributed by atoms with Crippen LogP contribution < -0.4 is 5.32 Å². The number of nitrogens with one attached hydrogen (secondary N) is 1. The number of likely N-dealkylation sites (tertiary alicyclic amines) is 1. The number of hydrogen-bond acceptors (Lipinski definition) is 6. The molecule has 2 heterocycles. The highest BCUT2D eigenvalue weighted by Crippen LogP contribution is 2.43. The minimum absolute atomic E-state index is 0.0107. The number of ether oxygens (including phenoxy) is 2. The lowest BCUT2D eigenvalue weighted by molar-refractivity contribution is -0.205. The number of aromatic nitrogens is 1. The number of aliphatic hydroxyl groups is 1. The molecule has 2 amide bonds. The van der Waals surface area contributed by atoms with Crippen LogP contribution in [0.5, 0.6) is 0 Å². The van der Waals surface area contributed by atoms with Crippen molar-refractivity contribution in [2.24, 2.45) is 5.92 Å². The van der Waals surface area contributed by atoms with Gasteiger partial charge in [-0.15, -0.1) is 0 Å². The van der Waals surface area contributed by atoms with Crippen molar-refractivity contribution in [1.82, 2.24) is 14.8 Å². The van der Waals surface area contributed by atoms with Gasteiger partial charge in [0.05, 0.1) is 22.7 Å². The van der Waals surface area contributed by atoms with Gasteiger partial charge in [0.2, 0.25) is 12.3 Å². The Labute approximate surface area is 241 Å². The zero-order chi connectivity index (χ0) is 29.7. The van der Waals surface area contributed by atoms with E-state index < -0.39 is 35.8 Å². The number of rotatable bonds is 6. The van der Waals surface area contributed by atoms with Crippen molar-refractivity contribution in [3.05, 3.63) is 48.0 Å². The number of para-hydroxylation sites is 1. The van der Waals surface area contributed by atoms with Crippen LogP contribution in [-0.2, 0) is 20.7 Å². The Kier molecular flexibility index (Phi) is 7.51. The number of piperidine rings is 1. The highest BCUT2D eigenvalue weighted by atomic mass is 16.6. The van der Waals surface area contributed by atoms with Gasteiger partial charge >= 0.3 is 6.09 Å². The van der Waals surface area contributed by atoms with Gasteiger partial charge in [0, 0.05) is 23.2 Å². The van der Waals surface area contributed by atoms with E-state index in [1.807, 2.05) is 84.0 Å². The summed E-state index contributed by atoms with van der Waals surface area (Å²) in [6.07, 6.45) is 1.16. The second-order valence-electron chi connectivity index (χ2n) is 13.2. The van der Waals surface area contributed by atoms with Crippen LogP contribution in [0.2, 0.25) is 0 Å². The molecule has 2 N–H and O–H groups in total. The summed E-state index contributed by atoms with van der Waals surface area (Å²) < 4.78 is 13.3. The monoisotopic (exact) mass is 560 g/mol. The summed E-state index contributed by atoms with van der Waals surface area (Å²) in [6.45, 7) is 11.1. The Morgan fingerprint density at radius 1 is 1.05 bits per heavy atom. The molecule has 5 atom stereocenters. The first-order valence-corrected chi connectivity index (χ1v) is 14.3. The van der Waals surface area contributed by atoms with Gasteiger partial charge in [-0.1, -0.05) is 24.3 Å². The van der Waals surface area contributed by atoms with Gasteiger partial charge in [-0.25, -0.2) is 4.79 Å². The van der Waals surface area contributed by atoms with Crippen LogP contribution in [0.15, 0.2) is 42.5 Å². The maximum atomic E-state index is 13.5. The third-order valence-electron chi connectivity index (χ3n) is 7.82. The average molecular weight is 561 g/mol. The molecule has 1 aliphatic carbocycles. The number of benzene rings is 2. The minimum atomic E-state index is -1.18. The molecule has 1 saturated carbocycles. The predicted molar refractivity (Wildman–Crippen MR) is 156 cm³/mol. The third-order valence-corrected chi connectivity index (χ3v) is 7.82. The molecule has 9 heteroatoms. The summed E-state index contributed by atoms with van der Waals surface area (Å²) in [4.78, 5) is 28.1. The number of hydrogen-bond donors (Lipinski definition) is 2. The van der Waals surface area contributed by atoms with Crippen LogP contribution in [0.3, 0.4) is 0 Å². The topological polar surface area (TPSA) is 117 Å². The molecule has 218 valence electrons. The molecule has 2 aliphatic rings. The van der Waals surface area contributed by atoms with Gasteiger partial charge < -0.3 is 19.9 Å². The fourth-order valence-corrected chi connectivity index (χ4v) is 6.31. The van der Waals surface area contributed by atoms with Crippen molar-refractivity contribution in [3.8, 4) is 6.07 Å². The van der Waals surface area contributed by atoms with Crippen LogP contribution in [0.4, 0.5) is 4.79 Å². The molecule has 1 aromatic heterocycles. The zero-order valence-electron chi connectivity index (χ0n) is 24.7. The summed E-state index contributed by atoms with van der Waals surface area (Å²) in [5, 5.41) is 25.7. The first-order valence-electron chi connectivity index (χ1n) is 14.3. The molecular formula is C32H40N4O5. The number of carbonyl (C=O) groups is 2. The molecule has 3 aromatic rings. The highest BCUT2D eigenvalue weighted by molar-refractivity contribution is 6.08. The molecule has 5 rings (SSSR count). The van der Waals surface area contributed by atoms with E-state index >= 15 is 0 Å². The maximum Gasteiger partial charge on any atom is 0.411 e. The number of nitrogens with zero attached hydrogens (tertiary/aromatic N) is 3. The number of nitriles is 1. The lowest BCUT2D eigenvalue weighted by atomic mass is 9.97. The van der Waals surface area contributed by atoms with Crippen LogP contribution in [0.25, 0.3) is 21.8 Å². The fraction of sp³-hybridized carbons (Fsp3) is 0.531. The number of amides is 2. The normalized spacial score (nSPS) is 22.1. The van der Waals surface area contributed by atoms with Crippen molar-refractivity contribution < 1.29 is 24.2 Å². The molecule has 2 unspecified atom stereocenters. The fourth-order valence-electron chi connectivity index (χ4n) is 6.31. The predicted octanol–water partition coefficient (Wildman–Crippen LogP) is 5.40. The molecule has 1 aliphatic heterocycles. The van der Waals surface area contributed by atoms with Crippen LogP contribution >= 0.6 is 0 Å². The van der Waals surface area contributed by atoms with Gasteiger partial charge in [0.1, 0.15) is 17.7 Å². The Morgan fingerprint density at radius 3 is 2.44 bits per heavy atom. The van der Waals surface area contributed by atoms with E-state index in [0.717, 1.165) is 46.6 Å². The molecule has 2 bridgehead atoms. The van der Waals surface area contributed by atoms with E-state index in [0.29, 0.717) is 6.42 Å². The second kappa shape index (κ2) is 10.7. The standard InChI is InChI=1S/C32H40N4O5/c1-31(2,3)40-29(38)35-22-13-12-20(17-22)27(35)28(37)34-21(18-33)15-19-11-14-26-24(16-19)23-9-7-8-10-25(23)36(26)30(39)41-32(4,5)6/h7-11,14,16,20-22,27,30,39H,12-13,15,17H2,1-6H3,(H,34,37)/t20-,21?,22+,27-,30?/m0/s1. The van der Waals surface area contributed by atoms with Crippen molar-refractivity contribution in [3.63, 3.8) is 0 Å². The second-order valence-corrected chi connectivity index (χ2v) is 13.2. The van der Waals surface area contributed by atoms with E-state index in [4.69, 9.17) is 9.47 Å². The first kappa shape index (κ1) is 28.9. The molecule has 0 spiro atoms. The first-order chi connectivity index (χ1) is 19.3. The number of fused-ring (bicyclic) bond motifs is 5. The molecule has 2 aromatic carbocycles. The smallest absolute Gasteiger partial charge is 0.411 e. The molecule has 2 fully saturated rings. The Morgan fingerprint density at radius 2 is 1.76 bits per heavy atom. The molecule has 9 nitrogen and oxygen atoms in total. The number of aliphatic hydroxyl groups excluding tert-OH is 1. The van der Waals surface area contributed by atoms with Gasteiger partial charge in [0.25, 0.3) is 0 Å². The van der Waals surface area contributed by atoms with E-state index in [1.165, 1.54) is 0 Å². The summed E-state index contributed by atoms with van der Waals surface area (Å²) in [5.74, 6) is -0.245. The van der Waals surface area contributed by atoms with Crippen molar-refractivity contribution >= 4 is 33.8 Å². The van der Waals surface area contributed by atoms with Gasteiger partial charge in [-0.05, 0) is 90.5 Å². The van der Waals surface area contributed by atoms with Gasteiger partial charge in [0.15, 0.2) is 0 Å². The number of carbonyl (C=O) groups excluding carboxylic acids is 2. The van der Waals surface area contributed by atoms with Crippen LogP contribution in [-0.4, -0.2) is 55.9 Å². The quantitative estimate of drug-likeness (QED) is 0.390. The van der Waals surface area contributed by atoms with Crippen molar-refractivity contribution in [2.75, 3.05) is 0 Å². The van der Waals surface area contributed by atoms with Crippen LogP contribution in [0.1, 0.15) is 72.8 Å². The lowest BCUT2D eigenvalue weighted by Gasteiger charge is -2.35. The highest BCUT2D eigenvalue weighted by Gasteiger charge is 2.52. The summed E-state index contributed by atoms with van der Waals surface area (Å²) >= 11 is 0. The van der Waals surface area contributed by atoms with Crippen molar-refractivity contribution in [1.29, 1.82) is 5.26 Å². The molecule has 41 heavy (non-hydrogen) atoms. The van der Waals surface area contributed by atoms with E-state index in [9.17, 15) is 20.0 Å². The Bertz CT molecular complexity index is 1510. The largest absolute Gasteiger partial charge is 0.444 e. The molecule has 0 radical (unpaired) electrons. The van der Waals surface area contributed by atoms with E-state index in [2.05, 4.69) is 11.4 Å². The molecule has 1 saturated heterocycles. The van der Waals surface area contributed by atoms with Crippen LogP contribution in [0, 0.1) is 17.2 Å². The SMILES string of the molecule is CC(C)(C)OC(=O)N1[C@@H]2CC[C@@H](C2)[C@H]1C(=O)NC(C#N)Cc1ccc2c(c1)c1ccccc1n2C(O)OC(C)(C)C. The Balaban J connectivity index is 1.37. The zero-order valence-corrected chi connectivity index (χ0v) is 24.7. The average Bonchev–Trinajstić information content (AvgIpc) is 3.58. The summed E-state index contributed by atoms with van der Waals surface area (Å²) in [7, 11) is 0. The maximum absolute atomic E-state index is 13.5. The minimum Gasteiger partial charge on any atom is -0.444 e. The third kappa shape index (κ3) is 5.90. The lowest BCUT2D eigenvalue weighted by Crippen LogP contribution is -2.55. The summed E-state index contributed by atoms with van der Waals surface area (Å²) in [6, 6.07) is 14.4. The van der Waals surface area contributed by atoms with Gasteiger partial charge in [-0.3, -0.25) is 14.3 Å². The van der Waals surface area contributed by atoms with Gasteiger partial charge in [-0.2, -0.15) is 5.26 Å². The Hall–Kier alpha value is -3.61.